The third-order valence-electron chi connectivity index (χ3n) is 5.46. The molecule has 0 amide bonds. The Labute approximate surface area is 159 Å². The molecular weight excluding hydrogens is 334 g/mol. The van der Waals surface area contributed by atoms with E-state index in [1.165, 1.54) is 25.7 Å². The minimum atomic E-state index is 0.609. The molecule has 5 rings (SSSR count). The minimum absolute atomic E-state index is 0.609. The number of nitrogens with one attached hydrogen (secondary N) is 1. The number of rotatable bonds is 4. The van der Waals surface area contributed by atoms with Crippen molar-refractivity contribution in [1.29, 1.82) is 0 Å². The van der Waals surface area contributed by atoms with Gasteiger partial charge in [0.05, 0.1) is 0 Å². The number of anilines is 3. The first-order valence-corrected chi connectivity index (χ1v) is 9.67. The van der Waals surface area contributed by atoms with E-state index in [1.54, 1.807) is 0 Å². The summed E-state index contributed by atoms with van der Waals surface area (Å²) in [5.41, 5.74) is 3.24. The fraction of sp³-hybridized carbons (Fsp3) is 0.273. The van der Waals surface area contributed by atoms with E-state index >= 15 is 0 Å². The maximum atomic E-state index is 4.85. The van der Waals surface area contributed by atoms with Crippen LogP contribution in [0.25, 0.3) is 11.8 Å². The van der Waals surface area contributed by atoms with Crippen molar-refractivity contribution in [2.75, 3.05) is 16.8 Å². The molecule has 1 saturated carbocycles. The van der Waals surface area contributed by atoms with Crippen LogP contribution in [-0.2, 0) is 0 Å². The fourth-order valence-corrected chi connectivity index (χ4v) is 4.06. The maximum absolute atomic E-state index is 4.85. The van der Waals surface area contributed by atoms with Crippen LogP contribution in [0.15, 0.2) is 61.1 Å². The summed E-state index contributed by atoms with van der Waals surface area (Å²) in [5, 5.41) is 3.36. The number of hydrogen-bond acceptors (Lipinski definition) is 4. The second kappa shape index (κ2) is 6.91. The Balaban J connectivity index is 1.38. The lowest BCUT2D eigenvalue weighted by molar-refractivity contribution is 0.622. The van der Waals surface area contributed by atoms with Crippen molar-refractivity contribution in [3.63, 3.8) is 0 Å². The topological polar surface area (TPSA) is 46.0 Å². The van der Waals surface area contributed by atoms with E-state index in [1.807, 2.05) is 30.7 Å². The van der Waals surface area contributed by atoms with Crippen LogP contribution in [0, 0.1) is 0 Å². The number of benzene rings is 1. The van der Waals surface area contributed by atoms with Gasteiger partial charge in [-0.3, -0.25) is 0 Å². The lowest BCUT2D eigenvalue weighted by Crippen LogP contribution is -2.36. The van der Waals surface area contributed by atoms with Gasteiger partial charge in [0.1, 0.15) is 5.82 Å². The molecule has 5 heteroatoms. The largest absolute Gasteiger partial charge is 0.349 e. The molecule has 2 aromatic heterocycles. The third kappa shape index (κ3) is 3.21. The molecule has 0 unspecified atom stereocenters. The number of aromatic nitrogens is 3. The van der Waals surface area contributed by atoms with E-state index in [2.05, 4.69) is 56.2 Å². The molecule has 1 aromatic carbocycles. The second-order valence-electron chi connectivity index (χ2n) is 7.23. The Morgan fingerprint density at radius 3 is 2.56 bits per heavy atom. The van der Waals surface area contributed by atoms with Crippen molar-refractivity contribution in [3.05, 3.63) is 66.6 Å². The van der Waals surface area contributed by atoms with E-state index < -0.39 is 0 Å². The Morgan fingerprint density at radius 2 is 1.78 bits per heavy atom. The number of fused-ring (bicyclic) bond motifs is 1. The summed E-state index contributed by atoms with van der Waals surface area (Å²) >= 11 is 0. The maximum Gasteiger partial charge on any atom is 0.229 e. The lowest BCUT2D eigenvalue weighted by Gasteiger charge is -2.32. The molecule has 0 saturated heterocycles. The van der Waals surface area contributed by atoms with Crippen LogP contribution in [0.4, 0.5) is 17.5 Å². The Bertz CT molecular complexity index is 937. The van der Waals surface area contributed by atoms with Crippen molar-refractivity contribution in [3.8, 4) is 5.69 Å². The standard InChI is InChI=1S/C22H23N5/c1-2-8-20(7-1)27-15-5-6-17-16-23-22(25-21(17)27)24-18-9-11-19(12-10-18)26-13-3-4-14-26/h3-6,9-14,16,20H,1-2,7-8,15H2,(H,23,24,25). The summed E-state index contributed by atoms with van der Waals surface area (Å²) in [5.74, 6) is 1.71. The average molecular weight is 357 g/mol. The molecule has 0 spiro atoms. The van der Waals surface area contributed by atoms with Gasteiger partial charge in [-0.2, -0.15) is 4.98 Å². The van der Waals surface area contributed by atoms with Gasteiger partial charge in [-0.05, 0) is 49.2 Å². The van der Waals surface area contributed by atoms with Crippen LogP contribution in [0.1, 0.15) is 31.2 Å². The molecule has 0 radical (unpaired) electrons. The predicted molar refractivity (Wildman–Crippen MR) is 110 cm³/mol. The van der Waals surface area contributed by atoms with Crippen LogP contribution < -0.4 is 10.2 Å². The summed E-state index contributed by atoms with van der Waals surface area (Å²) in [6.07, 6.45) is 15.5. The molecule has 3 heterocycles. The highest BCUT2D eigenvalue weighted by Gasteiger charge is 2.26. The molecule has 3 aromatic rings. The number of hydrogen-bond donors (Lipinski definition) is 1. The zero-order valence-corrected chi connectivity index (χ0v) is 15.3. The molecule has 136 valence electrons. The first-order valence-electron chi connectivity index (χ1n) is 9.67. The molecular formula is C22H23N5. The van der Waals surface area contributed by atoms with Crippen molar-refractivity contribution in [1.82, 2.24) is 14.5 Å². The van der Waals surface area contributed by atoms with Gasteiger partial charge in [-0.25, -0.2) is 4.98 Å². The van der Waals surface area contributed by atoms with Gasteiger partial charge in [-0.1, -0.05) is 25.0 Å². The van der Waals surface area contributed by atoms with Crippen molar-refractivity contribution in [2.24, 2.45) is 0 Å². The molecule has 1 N–H and O–H groups in total. The van der Waals surface area contributed by atoms with Gasteiger partial charge in [0.25, 0.3) is 0 Å². The van der Waals surface area contributed by atoms with E-state index in [9.17, 15) is 0 Å². The zero-order valence-electron chi connectivity index (χ0n) is 15.3. The van der Waals surface area contributed by atoms with Gasteiger partial charge < -0.3 is 14.8 Å². The highest BCUT2D eigenvalue weighted by atomic mass is 15.3. The molecule has 27 heavy (non-hydrogen) atoms. The van der Waals surface area contributed by atoms with Crippen LogP contribution >= 0.6 is 0 Å². The van der Waals surface area contributed by atoms with Crippen molar-refractivity contribution in [2.45, 2.75) is 31.7 Å². The van der Waals surface area contributed by atoms with E-state index in [0.29, 0.717) is 12.0 Å². The lowest BCUT2D eigenvalue weighted by atomic mass is 10.1. The highest BCUT2D eigenvalue weighted by Crippen LogP contribution is 2.32. The zero-order chi connectivity index (χ0) is 18.1. The molecule has 0 bridgehead atoms. The summed E-state index contributed by atoms with van der Waals surface area (Å²) in [4.78, 5) is 11.8. The van der Waals surface area contributed by atoms with Gasteiger partial charge in [0.15, 0.2) is 0 Å². The molecule has 1 fully saturated rings. The monoisotopic (exact) mass is 357 g/mol. The molecule has 1 aliphatic heterocycles. The first kappa shape index (κ1) is 16.1. The molecule has 1 aliphatic carbocycles. The molecule has 5 nitrogen and oxygen atoms in total. The van der Waals surface area contributed by atoms with E-state index in [4.69, 9.17) is 4.98 Å². The highest BCUT2D eigenvalue weighted by molar-refractivity contribution is 5.69. The smallest absolute Gasteiger partial charge is 0.229 e. The third-order valence-corrected chi connectivity index (χ3v) is 5.46. The van der Waals surface area contributed by atoms with E-state index in [-0.39, 0.29) is 0 Å². The summed E-state index contributed by atoms with van der Waals surface area (Å²) < 4.78 is 2.09. The second-order valence-corrected chi connectivity index (χ2v) is 7.23. The van der Waals surface area contributed by atoms with Crippen molar-refractivity contribution >= 4 is 23.5 Å². The van der Waals surface area contributed by atoms with Crippen LogP contribution in [0.5, 0.6) is 0 Å². The van der Waals surface area contributed by atoms with Crippen molar-refractivity contribution < 1.29 is 0 Å². The van der Waals surface area contributed by atoms with Gasteiger partial charge in [-0.15, -0.1) is 0 Å². The van der Waals surface area contributed by atoms with Gasteiger partial charge >= 0.3 is 0 Å². The SMILES string of the molecule is C1=Cc2cnc(Nc3ccc(-n4cccc4)cc3)nc2N(C2CCCC2)C1. The minimum Gasteiger partial charge on any atom is -0.349 e. The Hall–Kier alpha value is -3.08. The predicted octanol–water partition coefficient (Wildman–Crippen LogP) is 4.79. The van der Waals surface area contributed by atoms with Crippen LogP contribution in [0.2, 0.25) is 0 Å². The first-order chi connectivity index (χ1) is 13.4. The molecule has 0 atom stereocenters. The summed E-state index contributed by atoms with van der Waals surface area (Å²) in [7, 11) is 0. The average Bonchev–Trinajstić information content (AvgIpc) is 3.42. The van der Waals surface area contributed by atoms with Gasteiger partial charge in [0, 0.05) is 48.1 Å². The normalized spacial score (nSPS) is 16.5. The molecule has 2 aliphatic rings. The fourth-order valence-electron chi connectivity index (χ4n) is 4.06. The van der Waals surface area contributed by atoms with E-state index in [0.717, 1.165) is 29.3 Å². The quantitative estimate of drug-likeness (QED) is 0.729. The summed E-state index contributed by atoms with van der Waals surface area (Å²) in [6.45, 7) is 0.944. The van der Waals surface area contributed by atoms with Crippen LogP contribution in [-0.4, -0.2) is 27.1 Å². The number of nitrogens with zero attached hydrogens (tertiary/aromatic N) is 4. The Morgan fingerprint density at radius 1 is 1.00 bits per heavy atom. The summed E-state index contributed by atoms with van der Waals surface area (Å²) in [6, 6.07) is 13.0. The Kier molecular flexibility index (Phi) is 4.13. The van der Waals surface area contributed by atoms with Crippen LogP contribution in [0.3, 0.4) is 0 Å². The van der Waals surface area contributed by atoms with Gasteiger partial charge in [0.2, 0.25) is 5.95 Å².